The molecule has 0 saturated heterocycles. The van der Waals surface area contributed by atoms with Crippen LogP contribution in [0.1, 0.15) is 40.5 Å². The van der Waals surface area contributed by atoms with E-state index < -0.39 is 53.9 Å². The summed E-state index contributed by atoms with van der Waals surface area (Å²) in [7, 11) is 4.21. The molecular weight excluding hydrogens is 520 g/mol. The molecule has 0 aromatic rings. The number of aliphatic hydroxyl groups excluding tert-OH is 1. The predicted octanol–water partition coefficient (Wildman–Crippen LogP) is 2.41. The van der Waals surface area contributed by atoms with Gasteiger partial charge in [-0.05, 0) is 38.2 Å². The summed E-state index contributed by atoms with van der Waals surface area (Å²) in [5.41, 5.74) is 6.12. The number of fused-ring (bicyclic) bond motifs is 2. The molecule has 0 fully saturated rings. The lowest BCUT2D eigenvalue weighted by atomic mass is 9.85. The van der Waals surface area contributed by atoms with E-state index in [0.717, 1.165) is 6.08 Å². The standard InChI is InChI=1S/C29H40N2O9/c1-15-11-19-25(34)20(14-21(32)27(19)39-7)31-28(35)16(2)9-8-10-22(37-5)26(40-29(30)36)18(4)13-17(3)24(33)23(12-15)38-6/h8-10,13-15,17,22-24,26,33H,11-12H2,1-7H3,(H2,30,36)(H,31,35)/b10-8+,16-9+,18-13+. The monoisotopic (exact) mass is 560 g/mol. The lowest BCUT2D eigenvalue weighted by Crippen LogP contribution is -2.37. The summed E-state index contributed by atoms with van der Waals surface area (Å²) < 4.78 is 21.7. The van der Waals surface area contributed by atoms with Gasteiger partial charge in [-0.15, -0.1) is 0 Å². The van der Waals surface area contributed by atoms with Crippen LogP contribution < -0.4 is 11.1 Å². The lowest BCUT2D eigenvalue weighted by molar-refractivity contribution is -0.120. The van der Waals surface area contributed by atoms with E-state index >= 15 is 0 Å². The zero-order valence-electron chi connectivity index (χ0n) is 24.1. The average molecular weight is 561 g/mol. The van der Waals surface area contributed by atoms with Gasteiger partial charge in [-0.1, -0.05) is 38.2 Å². The summed E-state index contributed by atoms with van der Waals surface area (Å²) in [6.07, 6.45) is 3.61. The van der Waals surface area contributed by atoms with Crippen LogP contribution in [0.3, 0.4) is 0 Å². The number of rotatable bonds is 4. The number of hydrogen-bond donors (Lipinski definition) is 3. The molecule has 2 rings (SSSR count). The minimum Gasteiger partial charge on any atom is -0.492 e. The summed E-state index contributed by atoms with van der Waals surface area (Å²) in [6.45, 7) is 6.92. The summed E-state index contributed by atoms with van der Waals surface area (Å²) >= 11 is 0. The van der Waals surface area contributed by atoms with E-state index in [2.05, 4.69) is 5.32 Å². The number of nitrogens with one attached hydrogen (secondary N) is 1. The molecule has 6 atom stereocenters. The molecule has 0 aromatic heterocycles. The van der Waals surface area contributed by atoms with Crippen molar-refractivity contribution in [2.45, 2.75) is 65.0 Å². The second kappa shape index (κ2) is 14.7. The van der Waals surface area contributed by atoms with Crippen LogP contribution in [-0.2, 0) is 33.3 Å². The Morgan fingerprint density at radius 1 is 1.10 bits per heavy atom. The number of Topliss-reactive ketones (excluding diaryl/α,β-unsaturated/α-hetero) is 1. The third kappa shape index (κ3) is 8.23. The fourth-order valence-electron chi connectivity index (χ4n) is 4.78. The van der Waals surface area contributed by atoms with Gasteiger partial charge in [0, 0.05) is 37.4 Å². The lowest BCUT2D eigenvalue weighted by Gasteiger charge is -2.29. The molecule has 2 bridgehead atoms. The Kier molecular flexibility index (Phi) is 12.0. The minimum absolute atomic E-state index is 0.0801. The van der Waals surface area contributed by atoms with Crippen molar-refractivity contribution in [3.63, 3.8) is 0 Å². The molecule has 1 aliphatic carbocycles. The van der Waals surface area contributed by atoms with E-state index in [1.165, 1.54) is 34.3 Å². The van der Waals surface area contributed by atoms with Crippen LogP contribution in [0.4, 0.5) is 4.79 Å². The second-order valence-electron chi connectivity index (χ2n) is 10.1. The van der Waals surface area contributed by atoms with Crippen molar-refractivity contribution in [3.05, 3.63) is 58.6 Å². The van der Waals surface area contributed by atoms with Gasteiger partial charge in [0.25, 0.3) is 5.91 Å². The van der Waals surface area contributed by atoms with Crippen molar-refractivity contribution in [2.75, 3.05) is 21.3 Å². The Bertz CT molecular complexity index is 1150. The number of carbonyl (C=O) groups is 4. The molecule has 2 amide bonds. The van der Waals surface area contributed by atoms with Crippen molar-refractivity contribution >= 4 is 23.6 Å². The molecule has 40 heavy (non-hydrogen) atoms. The van der Waals surface area contributed by atoms with Crippen LogP contribution >= 0.6 is 0 Å². The molecule has 0 radical (unpaired) electrons. The van der Waals surface area contributed by atoms with E-state index in [1.54, 1.807) is 32.1 Å². The number of carbonyl (C=O) groups excluding carboxylic acids is 4. The first-order valence-electron chi connectivity index (χ1n) is 13.0. The van der Waals surface area contributed by atoms with E-state index in [-0.39, 0.29) is 34.9 Å². The molecule has 11 nitrogen and oxygen atoms in total. The van der Waals surface area contributed by atoms with E-state index in [0.29, 0.717) is 12.0 Å². The molecule has 6 unspecified atom stereocenters. The van der Waals surface area contributed by atoms with Crippen LogP contribution in [0.25, 0.3) is 0 Å². The predicted molar refractivity (Wildman–Crippen MR) is 147 cm³/mol. The Hall–Kier alpha value is -3.54. The zero-order valence-corrected chi connectivity index (χ0v) is 24.1. The third-order valence-corrected chi connectivity index (χ3v) is 6.95. The first kappa shape index (κ1) is 32.7. The number of nitrogens with two attached hydrogens (primary N) is 1. The average Bonchev–Trinajstić information content (AvgIpc) is 2.90. The fourth-order valence-corrected chi connectivity index (χ4v) is 4.78. The van der Waals surface area contributed by atoms with Crippen molar-refractivity contribution < 1.29 is 43.2 Å². The van der Waals surface area contributed by atoms with Gasteiger partial charge in [-0.25, -0.2) is 4.79 Å². The number of primary amides is 1. The van der Waals surface area contributed by atoms with Gasteiger partial charge >= 0.3 is 6.09 Å². The molecule has 0 spiro atoms. The largest absolute Gasteiger partial charge is 0.492 e. The highest BCUT2D eigenvalue weighted by Gasteiger charge is 2.34. The van der Waals surface area contributed by atoms with E-state index in [1.807, 2.05) is 6.92 Å². The van der Waals surface area contributed by atoms with Gasteiger partial charge in [-0.2, -0.15) is 0 Å². The molecule has 11 heteroatoms. The SMILES string of the molecule is COC1=C2CC(C)CC(OC)C(O)C(C)/C=C(\C)C(OC(N)=O)C(OC)/C=C/C=C(\C)C(=O)NC(=CC1=O)C2=O. The molecule has 1 aliphatic heterocycles. The summed E-state index contributed by atoms with van der Waals surface area (Å²) in [4.78, 5) is 50.6. The van der Waals surface area contributed by atoms with Gasteiger partial charge < -0.3 is 35.1 Å². The van der Waals surface area contributed by atoms with Crippen molar-refractivity contribution in [3.8, 4) is 0 Å². The molecule has 4 N–H and O–H groups in total. The van der Waals surface area contributed by atoms with Crippen molar-refractivity contribution in [1.82, 2.24) is 5.32 Å². The summed E-state index contributed by atoms with van der Waals surface area (Å²) in [5, 5.41) is 13.7. The zero-order chi connectivity index (χ0) is 30.1. The van der Waals surface area contributed by atoms with Crippen LogP contribution in [-0.4, -0.2) is 74.4 Å². The highest BCUT2D eigenvalue weighted by atomic mass is 16.6. The Balaban J connectivity index is 2.60. The van der Waals surface area contributed by atoms with Gasteiger partial charge in [0.05, 0.1) is 25.0 Å². The van der Waals surface area contributed by atoms with Crippen LogP contribution in [0.5, 0.6) is 0 Å². The van der Waals surface area contributed by atoms with Gasteiger partial charge in [0.1, 0.15) is 6.10 Å². The maximum absolute atomic E-state index is 13.3. The Morgan fingerprint density at radius 2 is 1.77 bits per heavy atom. The maximum atomic E-state index is 13.3. The number of ketones is 2. The first-order chi connectivity index (χ1) is 18.8. The highest BCUT2D eigenvalue weighted by molar-refractivity contribution is 6.23. The topological polar surface area (TPSA) is 163 Å². The third-order valence-electron chi connectivity index (χ3n) is 6.95. The van der Waals surface area contributed by atoms with Crippen LogP contribution in [0.15, 0.2) is 58.6 Å². The number of hydrogen-bond acceptors (Lipinski definition) is 9. The van der Waals surface area contributed by atoms with Crippen LogP contribution in [0.2, 0.25) is 0 Å². The molecular formula is C29H40N2O9. The maximum Gasteiger partial charge on any atom is 0.405 e. The highest BCUT2D eigenvalue weighted by Crippen LogP contribution is 2.29. The number of ether oxygens (including phenoxy) is 4. The normalized spacial score (nSPS) is 32.7. The minimum atomic E-state index is -1.00. The number of aliphatic hydroxyl groups is 1. The van der Waals surface area contributed by atoms with Crippen LogP contribution in [0, 0.1) is 11.8 Å². The Morgan fingerprint density at radius 3 is 2.35 bits per heavy atom. The molecule has 0 saturated carbocycles. The van der Waals surface area contributed by atoms with Crippen molar-refractivity contribution in [2.24, 2.45) is 17.6 Å². The summed E-state index contributed by atoms with van der Waals surface area (Å²) in [5.74, 6) is -2.39. The smallest absolute Gasteiger partial charge is 0.405 e. The second-order valence-corrected chi connectivity index (χ2v) is 10.1. The van der Waals surface area contributed by atoms with E-state index in [9.17, 15) is 24.3 Å². The van der Waals surface area contributed by atoms with E-state index in [4.69, 9.17) is 24.7 Å². The molecule has 0 aromatic carbocycles. The van der Waals surface area contributed by atoms with Gasteiger partial charge in [0.15, 0.2) is 11.9 Å². The van der Waals surface area contributed by atoms with Gasteiger partial charge in [-0.3, -0.25) is 14.4 Å². The van der Waals surface area contributed by atoms with Gasteiger partial charge in [0.2, 0.25) is 11.6 Å². The molecule has 220 valence electrons. The number of allylic oxidation sites excluding steroid dienone is 4. The van der Waals surface area contributed by atoms with Crippen molar-refractivity contribution in [1.29, 1.82) is 0 Å². The first-order valence-corrected chi connectivity index (χ1v) is 13.0. The number of amides is 2. The molecule has 1 heterocycles. The quantitative estimate of drug-likeness (QED) is 0.346. The molecule has 2 aliphatic rings. The number of methoxy groups -OCH3 is 3. The summed E-state index contributed by atoms with van der Waals surface area (Å²) in [6, 6.07) is 0. The Labute approximate surface area is 234 Å². The fraction of sp³-hybridized carbons (Fsp3) is 0.517.